The maximum Gasteiger partial charge on any atom is 0.341 e. The van der Waals surface area contributed by atoms with Crippen LogP contribution in [-0.4, -0.2) is 18.5 Å². The van der Waals surface area contributed by atoms with E-state index in [1.165, 1.54) is 22.3 Å². The molecular formula is C28H29NO4S. The number of thiophene rings is 1. The van der Waals surface area contributed by atoms with Gasteiger partial charge in [-0.3, -0.25) is 4.79 Å². The van der Waals surface area contributed by atoms with Gasteiger partial charge in [0.2, 0.25) is 5.91 Å². The Morgan fingerprint density at radius 1 is 1.12 bits per heavy atom. The molecule has 176 valence electrons. The van der Waals surface area contributed by atoms with Crippen LogP contribution in [0.1, 0.15) is 52.2 Å². The number of rotatable bonds is 8. The molecule has 0 saturated heterocycles. The zero-order chi connectivity index (χ0) is 23.9. The SMILES string of the molecule is CCOC(=O)c1c(NC(=O)/C=C/c2ccc(OCc3ccccc3)cc2)sc2c1CCC(C)C2. The van der Waals surface area contributed by atoms with E-state index < -0.39 is 0 Å². The Morgan fingerprint density at radius 3 is 2.62 bits per heavy atom. The second-order valence-electron chi connectivity index (χ2n) is 8.44. The fourth-order valence-corrected chi connectivity index (χ4v) is 5.40. The van der Waals surface area contributed by atoms with Crippen molar-refractivity contribution in [1.82, 2.24) is 0 Å². The lowest BCUT2D eigenvalue weighted by Gasteiger charge is -2.18. The Kier molecular flexibility index (Phi) is 7.80. The van der Waals surface area contributed by atoms with Gasteiger partial charge in [-0.15, -0.1) is 11.3 Å². The first-order valence-corrected chi connectivity index (χ1v) is 12.4. The van der Waals surface area contributed by atoms with Crippen LogP contribution in [0.2, 0.25) is 0 Å². The first kappa shape index (κ1) is 23.8. The van der Waals surface area contributed by atoms with E-state index in [9.17, 15) is 9.59 Å². The third kappa shape index (κ3) is 5.94. The van der Waals surface area contributed by atoms with Crippen LogP contribution in [0.3, 0.4) is 0 Å². The summed E-state index contributed by atoms with van der Waals surface area (Å²) < 4.78 is 11.1. The molecule has 0 radical (unpaired) electrons. The predicted octanol–water partition coefficient (Wildman–Crippen LogP) is 6.28. The lowest BCUT2D eigenvalue weighted by Crippen LogP contribution is -2.15. The van der Waals surface area contributed by atoms with Gasteiger partial charge in [0.25, 0.3) is 0 Å². The molecule has 0 aliphatic heterocycles. The highest BCUT2D eigenvalue weighted by Gasteiger charge is 2.28. The average molecular weight is 476 g/mol. The van der Waals surface area contributed by atoms with Crippen molar-refractivity contribution in [2.75, 3.05) is 11.9 Å². The van der Waals surface area contributed by atoms with E-state index in [1.54, 1.807) is 13.0 Å². The molecule has 0 fully saturated rings. The molecule has 1 aromatic heterocycles. The van der Waals surface area contributed by atoms with Crippen molar-refractivity contribution in [3.05, 3.63) is 87.8 Å². The number of amides is 1. The number of anilines is 1. The van der Waals surface area contributed by atoms with Crippen LogP contribution < -0.4 is 10.1 Å². The quantitative estimate of drug-likeness (QED) is 0.308. The summed E-state index contributed by atoms with van der Waals surface area (Å²) in [6.45, 7) is 4.81. The van der Waals surface area contributed by atoms with Gasteiger partial charge >= 0.3 is 5.97 Å². The van der Waals surface area contributed by atoms with Gasteiger partial charge in [0.1, 0.15) is 17.4 Å². The van der Waals surface area contributed by atoms with E-state index in [0.29, 0.717) is 29.7 Å². The molecule has 3 aromatic rings. The summed E-state index contributed by atoms with van der Waals surface area (Å²) in [6, 6.07) is 17.6. The van der Waals surface area contributed by atoms with Gasteiger partial charge in [-0.05, 0) is 67.0 Å². The highest BCUT2D eigenvalue weighted by molar-refractivity contribution is 7.17. The van der Waals surface area contributed by atoms with E-state index >= 15 is 0 Å². The molecule has 34 heavy (non-hydrogen) atoms. The smallest absolute Gasteiger partial charge is 0.341 e. The minimum absolute atomic E-state index is 0.276. The molecule has 1 heterocycles. The van der Waals surface area contributed by atoms with E-state index in [0.717, 1.165) is 41.7 Å². The Balaban J connectivity index is 1.40. The van der Waals surface area contributed by atoms with Gasteiger partial charge in [0, 0.05) is 11.0 Å². The lowest BCUT2D eigenvalue weighted by atomic mass is 9.88. The molecule has 6 heteroatoms. The minimum atomic E-state index is -0.361. The second kappa shape index (κ2) is 11.2. The van der Waals surface area contributed by atoms with Gasteiger partial charge in [0.05, 0.1) is 12.2 Å². The highest BCUT2D eigenvalue weighted by Crippen LogP contribution is 2.40. The Labute approximate surface area is 204 Å². The van der Waals surface area contributed by atoms with Crippen molar-refractivity contribution in [3.8, 4) is 5.75 Å². The lowest BCUT2D eigenvalue weighted by molar-refractivity contribution is -0.111. The zero-order valence-electron chi connectivity index (χ0n) is 19.5. The van der Waals surface area contributed by atoms with E-state index in [4.69, 9.17) is 9.47 Å². The van der Waals surface area contributed by atoms with Crippen molar-refractivity contribution < 1.29 is 19.1 Å². The zero-order valence-corrected chi connectivity index (χ0v) is 20.3. The van der Waals surface area contributed by atoms with Crippen molar-refractivity contribution in [1.29, 1.82) is 0 Å². The monoisotopic (exact) mass is 475 g/mol. The topological polar surface area (TPSA) is 64.6 Å². The maximum absolute atomic E-state index is 12.7. The summed E-state index contributed by atoms with van der Waals surface area (Å²) in [7, 11) is 0. The summed E-state index contributed by atoms with van der Waals surface area (Å²) in [5.41, 5.74) is 3.55. The van der Waals surface area contributed by atoms with Crippen LogP contribution in [0.5, 0.6) is 5.75 Å². The molecule has 1 atom stereocenters. The number of ether oxygens (including phenoxy) is 2. The predicted molar refractivity (Wildman–Crippen MR) is 136 cm³/mol. The fraction of sp³-hybridized carbons (Fsp3) is 0.286. The molecule has 1 unspecified atom stereocenters. The molecule has 5 nitrogen and oxygen atoms in total. The van der Waals surface area contributed by atoms with Crippen molar-refractivity contribution in [2.24, 2.45) is 5.92 Å². The first-order valence-electron chi connectivity index (χ1n) is 11.6. The Morgan fingerprint density at radius 2 is 1.88 bits per heavy atom. The summed E-state index contributed by atoms with van der Waals surface area (Å²) in [6.07, 6.45) is 6.03. The summed E-state index contributed by atoms with van der Waals surface area (Å²) in [4.78, 5) is 26.4. The number of carbonyl (C=O) groups excluding carboxylic acids is 2. The van der Waals surface area contributed by atoms with E-state index in [2.05, 4.69) is 12.2 Å². The minimum Gasteiger partial charge on any atom is -0.489 e. The molecule has 2 aromatic carbocycles. The number of carbonyl (C=O) groups is 2. The third-order valence-corrected chi connectivity index (χ3v) is 6.95. The normalized spacial score (nSPS) is 15.1. The van der Waals surface area contributed by atoms with E-state index in [1.807, 2.05) is 54.6 Å². The van der Waals surface area contributed by atoms with Crippen molar-refractivity contribution in [3.63, 3.8) is 0 Å². The number of fused-ring (bicyclic) bond motifs is 1. The molecule has 0 saturated carbocycles. The number of hydrogen-bond donors (Lipinski definition) is 1. The second-order valence-corrected chi connectivity index (χ2v) is 9.55. The Hall–Kier alpha value is -3.38. The van der Waals surface area contributed by atoms with Crippen molar-refractivity contribution in [2.45, 2.75) is 39.7 Å². The number of benzene rings is 2. The largest absolute Gasteiger partial charge is 0.489 e. The molecule has 1 N–H and O–H groups in total. The van der Waals surface area contributed by atoms with Crippen LogP contribution in [0.25, 0.3) is 6.08 Å². The number of nitrogens with one attached hydrogen (secondary N) is 1. The third-order valence-electron chi connectivity index (χ3n) is 5.78. The summed E-state index contributed by atoms with van der Waals surface area (Å²) in [5.74, 6) is 0.703. The average Bonchev–Trinajstić information content (AvgIpc) is 3.19. The number of hydrogen-bond acceptors (Lipinski definition) is 5. The van der Waals surface area contributed by atoms with Gasteiger partial charge in [-0.2, -0.15) is 0 Å². The maximum atomic E-state index is 12.7. The number of esters is 1. The molecule has 0 bridgehead atoms. The molecule has 1 amide bonds. The van der Waals surface area contributed by atoms with Crippen LogP contribution in [-0.2, 0) is 29.0 Å². The van der Waals surface area contributed by atoms with Gasteiger partial charge in [0.15, 0.2) is 0 Å². The molecule has 0 spiro atoms. The van der Waals surface area contributed by atoms with E-state index in [-0.39, 0.29) is 11.9 Å². The van der Waals surface area contributed by atoms with Crippen LogP contribution >= 0.6 is 11.3 Å². The van der Waals surface area contributed by atoms with Crippen molar-refractivity contribution >= 4 is 34.3 Å². The molecule has 1 aliphatic rings. The molecule has 1 aliphatic carbocycles. The van der Waals surface area contributed by atoms with Crippen LogP contribution in [0, 0.1) is 5.92 Å². The van der Waals surface area contributed by atoms with Gasteiger partial charge < -0.3 is 14.8 Å². The Bertz CT molecular complexity index is 1170. The van der Waals surface area contributed by atoms with Gasteiger partial charge in [-0.1, -0.05) is 49.4 Å². The summed E-state index contributed by atoms with van der Waals surface area (Å²) in [5, 5.41) is 3.49. The van der Waals surface area contributed by atoms with Crippen LogP contribution in [0.15, 0.2) is 60.7 Å². The highest BCUT2D eigenvalue weighted by atomic mass is 32.1. The van der Waals surface area contributed by atoms with Gasteiger partial charge in [-0.25, -0.2) is 4.79 Å². The summed E-state index contributed by atoms with van der Waals surface area (Å²) >= 11 is 1.49. The first-order chi connectivity index (χ1) is 16.5. The standard InChI is InChI=1S/C28H29NO4S/c1-3-32-28(31)26-23-15-9-19(2)17-24(23)34-27(26)29-25(30)16-12-20-10-13-22(14-11-20)33-18-21-7-5-4-6-8-21/h4-8,10-14,16,19H,3,9,15,17-18H2,1-2H3,(H,29,30)/b16-12+. The molecular weight excluding hydrogens is 446 g/mol. The fourth-order valence-electron chi connectivity index (χ4n) is 4.00. The van der Waals surface area contributed by atoms with Crippen LogP contribution in [0.4, 0.5) is 5.00 Å². The molecule has 4 rings (SSSR count).